The van der Waals surface area contributed by atoms with E-state index in [0.29, 0.717) is 43.6 Å². The van der Waals surface area contributed by atoms with Gasteiger partial charge in [0, 0.05) is 38.4 Å². The molecule has 0 aliphatic carbocycles. The van der Waals surface area contributed by atoms with Gasteiger partial charge < -0.3 is 18.7 Å². The maximum atomic E-state index is 13.7. The van der Waals surface area contributed by atoms with Crippen LogP contribution in [-0.4, -0.2) is 54.7 Å². The largest absolute Gasteiger partial charge is 0.373 e. The lowest BCUT2D eigenvalue weighted by Crippen LogP contribution is -2.37. The second-order valence-electron chi connectivity index (χ2n) is 7.73. The monoisotopic (exact) mass is 408 g/mol. The van der Waals surface area contributed by atoms with E-state index in [1.807, 2.05) is 23.1 Å². The van der Waals surface area contributed by atoms with Crippen molar-refractivity contribution in [2.24, 2.45) is 0 Å². The normalized spacial score (nSPS) is 19.0. The molecule has 1 fully saturated rings. The van der Waals surface area contributed by atoms with Crippen molar-refractivity contribution in [1.82, 2.24) is 29.6 Å². The third kappa shape index (κ3) is 3.49. The van der Waals surface area contributed by atoms with Crippen LogP contribution in [0.15, 0.2) is 28.9 Å². The molecule has 0 radical (unpaired) electrons. The van der Waals surface area contributed by atoms with Crippen molar-refractivity contribution >= 4 is 5.91 Å². The summed E-state index contributed by atoms with van der Waals surface area (Å²) in [4.78, 5) is 29.1. The molecule has 3 aromatic heterocycles. The van der Waals surface area contributed by atoms with E-state index in [2.05, 4.69) is 19.7 Å². The van der Waals surface area contributed by atoms with Gasteiger partial charge in [-0.15, -0.1) is 0 Å². The Morgan fingerprint density at radius 1 is 1.23 bits per heavy atom. The van der Waals surface area contributed by atoms with Crippen LogP contribution < -0.4 is 0 Å². The Balaban J connectivity index is 1.50. The molecule has 156 valence electrons. The molecule has 0 N–H and O–H groups in total. The number of amides is 1. The Morgan fingerprint density at radius 3 is 2.97 bits per heavy atom. The molecule has 3 aromatic rings. The van der Waals surface area contributed by atoms with E-state index in [-0.39, 0.29) is 11.9 Å². The number of hydrogen-bond acceptors (Lipinski definition) is 7. The number of aryl methyl sites for hydroxylation is 1. The highest BCUT2D eigenvalue weighted by Gasteiger charge is 2.35. The first-order valence-corrected chi connectivity index (χ1v) is 10.4. The Morgan fingerprint density at radius 2 is 2.17 bits per heavy atom. The number of aromatic nitrogens is 5. The van der Waals surface area contributed by atoms with Crippen LogP contribution in [0.3, 0.4) is 0 Å². The Hall–Kier alpha value is -3.07. The zero-order valence-electron chi connectivity index (χ0n) is 17.0. The number of carbonyl (C=O) groups is 1. The molecular weight excluding hydrogens is 384 g/mol. The molecule has 9 nitrogen and oxygen atoms in total. The van der Waals surface area contributed by atoms with Crippen molar-refractivity contribution in [2.75, 3.05) is 13.2 Å². The maximum Gasteiger partial charge on any atom is 0.275 e. The molecule has 1 atom stereocenters. The van der Waals surface area contributed by atoms with E-state index >= 15 is 0 Å². The minimum atomic E-state index is -0.0741. The van der Waals surface area contributed by atoms with Gasteiger partial charge in [-0.3, -0.25) is 9.78 Å². The topological polar surface area (TPSA) is 99.2 Å². The number of carbonyl (C=O) groups excluding carboxylic acids is 1. The van der Waals surface area contributed by atoms with Crippen molar-refractivity contribution in [2.45, 2.75) is 51.8 Å². The lowest BCUT2D eigenvalue weighted by Gasteiger charge is -2.23. The summed E-state index contributed by atoms with van der Waals surface area (Å²) in [6, 6.07) is 5.75. The van der Waals surface area contributed by atoms with Crippen LogP contribution in [0.2, 0.25) is 0 Å². The van der Waals surface area contributed by atoms with Crippen LogP contribution in [0, 0.1) is 6.92 Å². The minimum Gasteiger partial charge on any atom is -0.373 e. The van der Waals surface area contributed by atoms with Crippen LogP contribution in [0.4, 0.5) is 0 Å². The highest BCUT2D eigenvalue weighted by atomic mass is 16.5. The predicted octanol–water partition coefficient (Wildman–Crippen LogP) is 2.40. The second-order valence-corrected chi connectivity index (χ2v) is 7.73. The maximum absolute atomic E-state index is 13.7. The van der Waals surface area contributed by atoms with Crippen LogP contribution in [0.5, 0.6) is 0 Å². The van der Waals surface area contributed by atoms with E-state index in [1.165, 1.54) is 0 Å². The summed E-state index contributed by atoms with van der Waals surface area (Å²) in [6.07, 6.45) is 5.02. The first-order valence-electron chi connectivity index (χ1n) is 10.4. The van der Waals surface area contributed by atoms with Gasteiger partial charge in [-0.1, -0.05) is 11.2 Å². The summed E-state index contributed by atoms with van der Waals surface area (Å²) in [5, 5.41) is 3.87. The quantitative estimate of drug-likeness (QED) is 0.654. The molecular formula is C21H24N6O3. The van der Waals surface area contributed by atoms with Gasteiger partial charge in [0.05, 0.1) is 5.69 Å². The van der Waals surface area contributed by atoms with Crippen LogP contribution in [-0.2, 0) is 24.3 Å². The summed E-state index contributed by atoms with van der Waals surface area (Å²) in [5.74, 6) is 1.88. The number of nitrogens with zero attached hydrogens (tertiary/aromatic N) is 6. The summed E-state index contributed by atoms with van der Waals surface area (Å²) in [5.41, 5.74) is 1.98. The van der Waals surface area contributed by atoms with Crippen molar-refractivity contribution in [3.8, 4) is 11.4 Å². The third-order valence-corrected chi connectivity index (χ3v) is 5.68. The standard InChI is InChI=1S/C21H24N6O3/c1-14-23-18(30-25-14)12-15-6-4-9-26(15)21(28)19-20(16-7-2-3-8-22-16)27-10-5-11-29-13-17(27)24-19/h2-3,7-8,15H,4-6,9-13H2,1H3. The van der Waals surface area contributed by atoms with Gasteiger partial charge in [0.2, 0.25) is 5.89 Å². The van der Waals surface area contributed by atoms with Crippen LogP contribution in [0.1, 0.15) is 47.3 Å². The van der Waals surface area contributed by atoms with Gasteiger partial charge in [0.15, 0.2) is 11.5 Å². The Kier molecular flexibility index (Phi) is 5.04. The van der Waals surface area contributed by atoms with Crippen molar-refractivity contribution in [3.05, 3.63) is 47.6 Å². The number of hydrogen-bond donors (Lipinski definition) is 0. The molecule has 0 spiro atoms. The predicted molar refractivity (Wildman–Crippen MR) is 107 cm³/mol. The number of ether oxygens (including phenoxy) is 1. The van der Waals surface area contributed by atoms with Gasteiger partial charge in [0.1, 0.15) is 18.1 Å². The third-order valence-electron chi connectivity index (χ3n) is 5.68. The molecule has 30 heavy (non-hydrogen) atoms. The Bertz CT molecular complexity index is 1040. The average molecular weight is 408 g/mol. The van der Waals surface area contributed by atoms with E-state index < -0.39 is 0 Å². The number of pyridine rings is 1. The van der Waals surface area contributed by atoms with E-state index in [1.54, 1.807) is 13.1 Å². The summed E-state index contributed by atoms with van der Waals surface area (Å²) in [6.45, 7) is 4.33. The van der Waals surface area contributed by atoms with Gasteiger partial charge in [0.25, 0.3) is 5.91 Å². The molecule has 9 heteroatoms. The van der Waals surface area contributed by atoms with Crippen LogP contribution in [0.25, 0.3) is 11.4 Å². The molecule has 2 aliphatic heterocycles. The smallest absolute Gasteiger partial charge is 0.275 e. The first-order chi connectivity index (χ1) is 14.7. The zero-order valence-corrected chi connectivity index (χ0v) is 17.0. The fourth-order valence-electron chi connectivity index (χ4n) is 4.33. The second kappa shape index (κ2) is 7.98. The van der Waals surface area contributed by atoms with Crippen molar-refractivity contribution < 1.29 is 14.1 Å². The van der Waals surface area contributed by atoms with E-state index in [9.17, 15) is 4.79 Å². The van der Waals surface area contributed by atoms with Gasteiger partial charge in [-0.2, -0.15) is 4.98 Å². The van der Waals surface area contributed by atoms with Crippen LogP contribution >= 0.6 is 0 Å². The molecule has 1 amide bonds. The Labute approximate surface area is 174 Å². The molecule has 0 bridgehead atoms. The molecule has 1 unspecified atom stereocenters. The van der Waals surface area contributed by atoms with E-state index in [0.717, 1.165) is 43.0 Å². The SMILES string of the molecule is Cc1noc(CC2CCCN2C(=O)c2nc3n(c2-c2ccccn2)CCCOC3)n1. The average Bonchev–Trinajstić information content (AvgIpc) is 3.44. The fraction of sp³-hybridized carbons (Fsp3) is 0.476. The molecule has 1 saturated heterocycles. The molecule has 5 heterocycles. The number of rotatable bonds is 4. The summed E-state index contributed by atoms with van der Waals surface area (Å²) in [7, 11) is 0. The van der Waals surface area contributed by atoms with Gasteiger partial charge >= 0.3 is 0 Å². The van der Waals surface area contributed by atoms with Gasteiger partial charge in [-0.05, 0) is 38.3 Å². The van der Waals surface area contributed by atoms with E-state index in [4.69, 9.17) is 14.2 Å². The highest BCUT2D eigenvalue weighted by Crippen LogP contribution is 2.30. The van der Waals surface area contributed by atoms with Crippen molar-refractivity contribution in [1.29, 1.82) is 0 Å². The zero-order chi connectivity index (χ0) is 20.5. The van der Waals surface area contributed by atoms with Gasteiger partial charge in [-0.25, -0.2) is 4.98 Å². The lowest BCUT2D eigenvalue weighted by atomic mass is 10.1. The minimum absolute atomic E-state index is 0.0201. The highest BCUT2D eigenvalue weighted by molar-refractivity contribution is 5.98. The number of imidazole rings is 1. The summed E-state index contributed by atoms with van der Waals surface area (Å²) < 4.78 is 13.1. The fourth-order valence-corrected chi connectivity index (χ4v) is 4.33. The number of likely N-dealkylation sites (tertiary alicyclic amines) is 1. The van der Waals surface area contributed by atoms with Crippen molar-refractivity contribution in [3.63, 3.8) is 0 Å². The molecule has 0 saturated carbocycles. The molecule has 2 aliphatic rings. The molecule has 0 aromatic carbocycles. The number of fused-ring (bicyclic) bond motifs is 1. The molecule has 5 rings (SSSR count). The lowest BCUT2D eigenvalue weighted by molar-refractivity contribution is 0.0725. The summed E-state index contributed by atoms with van der Waals surface area (Å²) >= 11 is 0. The first kappa shape index (κ1) is 18.9.